The first-order chi connectivity index (χ1) is 15.8. The zero-order valence-corrected chi connectivity index (χ0v) is 19.7. The van der Waals surface area contributed by atoms with Gasteiger partial charge in [-0.15, -0.1) is 0 Å². The summed E-state index contributed by atoms with van der Waals surface area (Å²) in [6, 6.07) is 23.7. The summed E-state index contributed by atoms with van der Waals surface area (Å²) >= 11 is 12.8. The lowest BCUT2D eigenvalue weighted by molar-refractivity contribution is 0.102. The van der Waals surface area contributed by atoms with Gasteiger partial charge in [-0.1, -0.05) is 83.4 Å². The van der Waals surface area contributed by atoms with Gasteiger partial charge in [0.1, 0.15) is 5.56 Å². The first-order valence-corrected chi connectivity index (χ1v) is 11.2. The second-order valence-corrected chi connectivity index (χ2v) is 8.67. The van der Waals surface area contributed by atoms with Crippen molar-refractivity contribution < 1.29 is 4.79 Å². The zero-order chi connectivity index (χ0) is 23.5. The average Bonchev–Trinajstić information content (AvgIpc) is 2.78. The molecular formula is C27H22Cl2N2O2. The molecule has 0 bridgehead atoms. The molecule has 0 atom stereocenters. The molecule has 0 aliphatic heterocycles. The number of hydrogen-bond acceptors (Lipinski definition) is 2. The molecule has 0 saturated heterocycles. The van der Waals surface area contributed by atoms with Gasteiger partial charge in [-0.05, 0) is 37.6 Å². The van der Waals surface area contributed by atoms with Gasteiger partial charge >= 0.3 is 0 Å². The van der Waals surface area contributed by atoms with E-state index in [1.807, 2.05) is 60.9 Å². The molecule has 0 aliphatic carbocycles. The fraction of sp³-hybridized carbons (Fsp3) is 0.111. The maximum atomic E-state index is 13.4. The number of carbonyl (C=O) groups is 1. The molecule has 4 rings (SSSR count). The van der Waals surface area contributed by atoms with Gasteiger partial charge in [-0.2, -0.15) is 0 Å². The fourth-order valence-corrected chi connectivity index (χ4v) is 4.16. The number of carbonyl (C=O) groups excluding carboxylic acids is 1. The smallest absolute Gasteiger partial charge is 0.261 e. The van der Waals surface area contributed by atoms with Crippen molar-refractivity contribution in [3.8, 4) is 11.3 Å². The minimum Gasteiger partial charge on any atom is -0.340 e. The van der Waals surface area contributed by atoms with Gasteiger partial charge in [0.2, 0.25) is 0 Å². The second-order valence-electron chi connectivity index (χ2n) is 7.86. The van der Waals surface area contributed by atoms with Crippen LogP contribution in [0, 0.1) is 13.8 Å². The zero-order valence-electron chi connectivity index (χ0n) is 18.2. The van der Waals surface area contributed by atoms with Gasteiger partial charge in [0.25, 0.3) is 5.91 Å². The number of nitrogens with one attached hydrogen (secondary N) is 1. The molecule has 6 heteroatoms. The molecule has 0 saturated carbocycles. The van der Waals surface area contributed by atoms with E-state index in [4.69, 9.17) is 23.2 Å². The molecule has 0 spiro atoms. The summed E-state index contributed by atoms with van der Waals surface area (Å²) in [4.78, 5) is 26.6. The first-order valence-electron chi connectivity index (χ1n) is 10.5. The summed E-state index contributed by atoms with van der Waals surface area (Å²) in [5.74, 6) is -0.541. The molecule has 0 aliphatic rings. The Labute approximate surface area is 202 Å². The van der Waals surface area contributed by atoms with Crippen LogP contribution in [-0.2, 0) is 6.54 Å². The Morgan fingerprint density at radius 3 is 2.18 bits per heavy atom. The lowest BCUT2D eigenvalue weighted by Crippen LogP contribution is -2.27. The van der Waals surface area contributed by atoms with Crippen LogP contribution in [-0.4, -0.2) is 10.5 Å². The molecule has 1 amide bonds. The standard InChI is InChI=1S/C27H22Cl2N2O2/c1-17-11-13-19(14-12-17)16-31-18(2)15-24(32)25(26(31)20-7-3-4-8-21(20)28)27(33)30-23-10-6-5-9-22(23)29/h3-15H,16H2,1-2H3,(H,30,33). The topological polar surface area (TPSA) is 51.1 Å². The number of aromatic nitrogens is 1. The van der Waals surface area contributed by atoms with Crippen LogP contribution in [0.25, 0.3) is 11.3 Å². The van der Waals surface area contributed by atoms with Crippen molar-refractivity contribution in [3.05, 3.63) is 122 Å². The SMILES string of the molecule is Cc1ccc(Cn2c(C)cc(=O)c(C(=O)Nc3ccccc3Cl)c2-c2ccccc2Cl)cc1. The van der Waals surface area contributed by atoms with Crippen LogP contribution in [0.3, 0.4) is 0 Å². The van der Waals surface area contributed by atoms with Crippen molar-refractivity contribution in [2.45, 2.75) is 20.4 Å². The van der Waals surface area contributed by atoms with Crippen LogP contribution in [0.15, 0.2) is 83.7 Å². The number of halogens is 2. The van der Waals surface area contributed by atoms with Crippen molar-refractivity contribution in [2.24, 2.45) is 0 Å². The molecule has 1 aromatic heterocycles. The van der Waals surface area contributed by atoms with Crippen LogP contribution in [0.5, 0.6) is 0 Å². The Hall–Kier alpha value is -3.34. The molecule has 4 aromatic rings. The van der Waals surface area contributed by atoms with E-state index in [2.05, 4.69) is 5.32 Å². The molecule has 0 unspecified atom stereocenters. The minimum atomic E-state index is -0.541. The third-order valence-corrected chi connectivity index (χ3v) is 6.12. The maximum absolute atomic E-state index is 13.4. The Bertz CT molecular complexity index is 1390. The van der Waals surface area contributed by atoms with E-state index in [0.717, 1.165) is 16.8 Å². The lowest BCUT2D eigenvalue weighted by Gasteiger charge is -2.21. The van der Waals surface area contributed by atoms with E-state index in [0.29, 0.717) is 33.5 Å². The van der Waals surface area contributed by atoms with E-state index in [9.17, 15) is 9.59 Å². The van der Waals surface area contributed by atoms with Crippen molar-refractivity contribution in [1.29, 1.82) is 0 Å². The van der Waals surface area contributed by atoms with Gasteiger partial charge in [0.15, 0.2) is 5.43 Å². The molecular weight excluding hydrogens is 455 g/mol. The average molecular weight is 477 g/mol. The lowest BCUT2D eigenvalue weighted by atomic mass is 10.0. The molecule has 33 heavy (non-hydrogen) atoms. The highest BCUT2D eigenvalue weighted by Crippen LogP contribution is 2.32. The van der Waals surface area contributed by atoms with Gasteiger partial charge in [0, 0.05) is 28.9 Å². The molecule has 1 heterocycles. The molecule has 0 fully saturated rings. The number of pyridine rings is 1. The number of amides is 1. The number of para-hydroxylation sites is 1. The van der Waals surface area contributed by atoms with E-state index in [-0.39, 0.29) is 11.0 Å². The summed E-state index contributed by atoms with van der Waals surface area (Å²) in [5.41, 5.74) is 4.06. The minimum absolute atomic E-state index is 0.0146. The first kappa shape index (κ1) is 22.8. The Balaban J connectivity index is 1.93. The summed E-state index contributed by atoms with van der Waals surface area (Å²) in [6.45, 7) is 4.35. The van der Waals surface area contributed by atoms with Gasteiger partial charge in [-0.25, -0.2) is 0 Å². The van der Waals surface area contributed by atoms with Crippen molar-refractivity contribution in [2.75, 3.05) is 5.32 Å². The summed E-state index contributed by atoms with van der Waals surface area (Å²) in [6.07, 6.45) is 0. The maximum Gasteiger partial charge on any atom is 0.261 e. The van der Waals surface area contributed by atoms with E-state index < -0.39 is 5.91 Å². The normalized spacial score (nSPS) is 10.8. The summed E-state index contributed by atoms with van der Waals surface area (Å²) < 4.78 is 1.95. The number of hydrogen-bond donors (Lipinski definition) is 1. The van der Waals surface area contributed by atoms with Gasteiger partial charge in [0.05, 0.1) is 16.4 Å². The van der Waals surface area contributed by atoms with Crippen molar-refractivity contribution >= 4 is 34.8 Å². The van der Waals surface area contributed by atoms with Crippen molar-refractivity contribution in [1.82, 2.24) is 4.57 Å². The number of benzene rings is 3. The Morgan fingerprint density at radius 2 is 1.52 bits per heavy atom. The van der Waals surface area contributed by atoms with E-state index >= 15 is 0 Å². The third-order valence-electron chi connectivity index (χ3n) is 5.46. The number of nitrogens with zero attached hydrogens (tertiary/aromatic N) is 1. The third kappa shape index (κ3) is 4.87. The predicted molar refractivity (Wildman–Crippen MR) is 136 cm³/mol. The Kier molecular flexibility index (Phi) is 6.68. The van der Waals surface area contributed by atoms with E-state index in [1.165, 1.54) is 6.07 Å². The summed E-state index contributed by atoms with van der Waals surface area (Å²) in [5, 5.41) is 3.62. The molecule has 4 nitrogen and oxygen atoms in total. The van der Waals surface area contributed by atoms with Crippen LogP contribution >= 0.6 is 23.2 Å². The molecule has 166 valence electrons. The van der Waals surface area contributed by atoms with E-state index in [1.54, 1.807) is 30.3 Å². The summed E-state index contributed by atoms with van der Waals surface area (Å²) in [7, 11) is 0. The van der Waals surface area contributed by atoms with Crippen LogP contribution in [0.2, 0.25) is 10.0 Å². The highest BCUT2D eigenvalue weighted by Gasteiger charge is 2.24. The second kappa shape index (κ2) is 9.65. The van der Waals surface area contributed by atoms with Gasteiger partial charge in [-0.3, -0.25) is 9.59 Å². The van der Waals surface area contributed by atoms with Crippen LogP contribution in [0.1, 0.15) is 27.2 Å². The van der Waals surface area contributed by atoms with Gasteiger partial charge < -0.3 is 9.88 Å². The highest BCUT2D eigenvalue weighted by atomic mass is 35.5. The van der Waals surface area contributed by atoms with Crippen LogP contribution < -0.4 is 10.7 Å². The number of rotatable bonds is 5. The quantitative estimate of drug-likeness (QED) is 0.346. The highest BCUT2D eigenvalue weighted by molar-refractivity contribution is 6.34. The molecule has 3 aromatic carbocycles. The van der Waals surface area contributed by atoms with Crippen molar-refractivity contribution in [3.63, 3.8) is 0 Å². The monoisotopic (exact) mass is 476 g/mol. The van der Waals surface area contributed by atoms with Crippen LogP contribution in [0.4, 0.5) is 5.69 Å². The largest absolute Gasteiger partial charge is 0.340 e. The predicted octanol–water partition coefficient (Wildman–Crippen LogP) is 6.74. The number of anilines is 1. The molecule has 0 radical (unpaired) electrons. The fourth-order valence-electron chi connectivity index (χ4n) is 3.75. The number of aryl methyl sites for hydroxylation is 2. The Morgan fingerprint density at radius 1 is 0.879 bits per heavy atom. The molecule has 1 N–H and O–H groups in total.